The number of benzene rings is 3. The van der Waals surface area contributed by atoms with E-state index >= 15 is 0 Å². The van der Waals surface area contributed by atoms with Crippen LogP contribution in [0.2, 0.25) is 0 Å². The molecule has 3 aromatic carbocycles. The molecule has 0 fully saturated rings. The summed E-state index contributed by atoms with van der Waals surface area (Å²) in [5.41, 5.74) is 2.40. The molecular formula is C25H25NO3S. The van der Waals surface area contributed by atoms with Crippen molar-refractivity contribution in [3.63, 3.8) is 0 Å². The Morgan fingerprint density at radius 3 is 2.23 bits per heavy atom. The molecule has 1 N–H and O–H groups in total. The standard InChI is InChI=1S/C25H25NO3S/c1-3-25(2,24(27)28)30-19-10-8-9-18(17-19)29-16-15-26-22-13-6-4-11-20(22)21-12-5-7-14-23(21)26/h4-14,17H,3,15-16H2,1-2H3,(H,27,28). The molecule has 154 valence electrons. The van der Waals surface area contributed by atoms with Gasteiger partial charge in [0.15, 0.2) is 0 Å². The molecular weight excluding hydrogens is 394 g/mol. The maximum atomic E-state index is 11.6. The Labute approximate surface area is 180 Å². The van der Waals surface area contributed by atoms with Gasteiger partial charge in [-0.3, -0.25) is 4.79 Å². The van der Waals surface area contributed by atoms with Crippen molar-refractivity contribution in [3.05, 3.63) is 72.8 Å². The second-order valence-electron chi connectivity index (χ2n) is 7.50. The number of nitrogens with zero attached hydrogens (tertiary/aromatic N) is 1. The minimum absolute atomic E-state index is 0.529. The molecule has 1 unspecified atom stereocenters. The van der Waals surface area contributed by atoms with Gasteiger partial charge in [0.1, 0.15) is 17.1 Å². The van der Waals surface area contributed by atoms with Crippen LogP contribution in [0.25, 0.3) is 21.8 Å². The number of ether oxygens (including phenoxy) is 1. The molecule has 0 bridgehead atoms. The maximum absolute atomic E-state index is 11.6. The Hall–Kier alpha value is -2.92. The van der Waals surface area contributed by atoms with Crippen molar-refractivity contribution in [2.24, 2.45) is 0 Å². The van der Waals surface area contributed by atoms with E-state index in [1.165, 1.54) is 33.6 Å². The van der Waals surface area contributed by atoms with Gasteiger partial charge in [-0.2, -0.15) is 0 Å². The van der Waals surface area contributed by atoms with E-state index in [9.17, 15) is 9.90 Å². The van der Waals surface area contributed by atoms with E-state index in [4.69, 9.17) is 4.74 Å². The quantitative estimate of drug-likeness (QED) is 0.345. The fourth-order valence-corrected chi connectivity index (χ4v) is 4.73. The number of hydrogen-bond acceptors (Lipinski definition) is 3. The molecule has 4 aromatic rings. The van der Waals surface area contributed by atoms with Gasteiger partial charge in [-0.25, -0.2) is 0 Å². The molecule has 0 aliphatic rings. The topological polar surface area (TPSA) is 51.5 Å². The zero-order chi connectivity index (χ0) is 21.1. The third-order valence-corrected chi connectivity index (χ3v) is 6.94. The van der Waals surface area contributed by atoms with Crippen LogP contribution in [0.15, 0.2) is 77.7 Å². The van der Waals surface area contributed by atoms with E-state index in [-0.39, 0.29) is 0 Å². The van der Waals surface area contributed by atoms with Gasteiger partial charge in [0, 0.05) is 26.7 Å². The van der Waals surface area contributed by atoms with Crippen LogP contribution in [0.4, 0.5) is 0 Å². The lowest BCUT2D eigenvalue weighted by Crippen LogP contribution is -2.30. The van der Waals surface area contributed by atoms with Crippen molar-refractivity contribution in [1.82, 2.24) is 4.57 Å². The SMILES string of the molecule is CCC(C)(Sc1cccc(OCCn2c3ccccc3c3ccccc32)c1)C(=O)O. The minimum Gasteiger partial charge on any atom is -0.492 e. The first-order chi connectivity index (χ1) is 14.5. The number of hydrogen-bond donors (Lipinski definition) is 1. The van der Waals surface area contributed by atoms with Crippen LogP contribution in [0.5, 0.6) is 5.75 Å². The Kier molecular flexibility index (Phi) is 5.73. The Bertz CT molecular complexity index is 1150. The third kappa shape index (κ3) is 3.90. The molecule has 5 heteroatoms. The second-order valence-corrected chi connectivity index (χ2v) is 9.08. The van der Waals surface area contributed by atoms with Crippen LogP contribution in [-0.2, 0) is 11.3 Å². The van der Waals surface area contributed by atoms with Crippen molar-refractivity contribution >= 4 is 39.5 Å². The van der Waals surface area contributed by atoms with Gasteiger partial charge in [0.05, 0.1) is 6.54 Å². The maximum Gasteiger partial charge on any atom is 0.319 e. The van der Waals surface area contributed by atoms with Gasteiger partial charge in [0.2, 0.25) is 0 Å². The van der Waals surface area contributed by atoms with E-state index in [1.807, 2.05) is 31.2 Å². The van der Waals surface area contributed by atoms with E-state index in [2.05, 4.69) is 53.1 Å². The molecule has 0 aliphatic carbocycles. The number of para-hydroxylation sites is 2. The molecule has 1 atom stereocenters. The summed E-state index contributed by atoms with van der Waals surface area (Å²) in [4.78, 5) is 12.5. The number of carbonyl (C=O) groups is 1. The van der Waals surface area contributed by atoms with E-state index < -0.39 is 10.7 Å². The van der Waals surface area contributed by atoms with Gasteiger partial charge in [-0.15, -0.1) is 11.8 Å². The van der Waals surface area contributed by atoms with Crippen molar-refractivity contribution in [3.8, 4) is 5.75 Å². The van der Waals surface area contributed by atoms with Gasteiger partial charge in [-0.05, 0) is 43.7 Å². The molecule has 4 rings (SSSR count). The van der Waals surface area contributed by atoms with Crippen molar-refractivity contribution in [1.29, 1.82) is 0 Å². The monoisotopic (exact) mass is 419 g/mol. The Morgan fingerprint density at radius 1 is 1.00 bits per heavy atom. The number of fused-ring (bicyclic) bond motifs is 3. The summed E-state index contributed by atoms with van der Waals surface area (Å²) in [5, 5.41) is 12.0. The van der Waals surface area contributed by atoms with Crippen LogP contribution < -0.4 is 4.74 Å². The van der Waals surface area contributed by atoms with E-state index in [0.717, 1.165) is 17.2 Å². The fourth-order valence-electron chi connectivity index (χ4n) is 3.65. The van der Waals surface area contributed by atoms with Crippen LogP contribution in [0.1, 0.15) is 20.3 Å². The molecule has 4 nitrogen and oxygen atoms in total. The Morgan fingerprint density at radius 2 is 1.63 bits per heavy atom. The van der Waals surface area contributed by atoms with Gasteiger partial charge in [0.25, 0.3) is 0 Å². The molecule has 0 saturated carbocycles. The van der Waals surface area contributed by atoms with Crippen molar-refractivity contribution in [2.45, 2.75) is 36.5 Å². The molecule has 30 heavy (non-hydrogen) atoms. The van der Waals surface area contributed by atoms with E-state index in [1.54, 1.807) is 6.92 Å². The third-order valence-electron chi connectivity index (χ3n) is 5.54. The second kappa shape index (κ2) is 8.44. The first-order valence-corrected chi connectivity index (χ1v) is 10.9. The molecule has 0 amide bonds. The number of rotatable bonds is 8. The largest absolute Gasteiger partial charge is 0.492 e. The molecule has 0 spiro atoms. The summed E-state index contributed by atoms with van der Waals surface area (Å²) >= 11 is 1.36. The summed E-state index contributed by atoms with van der Waals surface area (Å²) < 4.78 is 7.49. The molecule has 1 aromatic heterocycles. The normalized spacial score (nSPS) is 13.4. The smallest absolute Gasteiger partial charge is 0.319 e. The van der Waals surface area contributed by atoms with E-state index in [0.29, 0.717) is 13.0 Å². The van der Waals surface area contributed by atoms with Crippen molar-refractivity contribution < 1.29 is 14.6 Å². The summed E-state index contributed by atoms with van der Waals surface area (Å²) in [6.45, 7) is 4.91. The molecule has 0 radical (unpaired) electrons. The van der Waals surface area contributed by atoms with Gasteiger partial charge in [-0.1, -0.05) is 49.4 Å². The zero-order valence-electron chi connectivity index (χ0n) is 17.2. The molecule has 0 aliphatic heterocycles. The van der Waals surface area contributed by atoms with Gasteiger partial charge >= 0.3 is 5.97 Å². The average Bonchev–Trinajstić information content (AvgIpc) is 3.08. The first kappa shape index (κ1) is 20.4. The summed E-state index contributed by atoms with van der Waals surface area (Å²) in [5.74, 6) is -0.0442. The van der Waals surface area contributed by atoms with Crippen LogP contribution in [0, 0.1) is 0 Å². The summed E-state index contributed by atoms with van der Waals surface area (Å²) in [7, 11) is 0. The summed E-state index contributed by atoms with van der Waals surface area (Å²) in [6, 6.07) is 24.5. The van der Waals surface area contributed by atoms with Crippen LogP contribution >= 0.6 is 11.8 Å². The number of carboxylic acid groups (broad SMARTS) is 1. The average molecular weight is 420 g/mol. The Balaban J connectivity index is 1.51. The number of thioether (sulfide) groups is 1. The summed E-state index contributed by atoms with van der Waals surface area (Å²) in [6.07, 6.45) is 0.547. The zero-order valence-corrected chi connectivity index (χ0v) is 18.0. The predicted octanol–water partition coefficient (Wildman–Crippen LogP) is 6.22. The highest BCUT2D eigenvalue weighted by Gasteiger charge is 2.32. The predicted molar refractivity (Wildman–Crippen MR) is 124 cm³/mol. The first-order valence-electron chi connectivity index (χ1n) is 10.1. The minimum atomic E-state index is -0.846. The highest BCUT2D eigenvalue weighted by Crippen LogP contribution is 2.37. The lowest BCUT2D eigenvalue weighted by Gasteiger charge is -2.22. The number of carboxylic acids is 1. The lowest BCUT2D eigenvalue weighted by atomic mass is 10.1. The van der Waals surface area contributed by atoms with Gasteiger partial charge < -0.3 is 14.4 Å². The highest BCUT2D eigenvalue weighted by molar-refractivity contribution is 8.01. The van der Waals surface area contributed by atoms with Crippen LogP contribution in [0.3, 0.4) is 0 Å². The highest BCUT2D eigenvalue weighted by atomic mass is 32.2. The fraction of sp³-hybridized carbons (Fsp3) is 0.240. The molecule has 0 saturated heterocycles. The number of aromatic nitrogens is 1. The lowest BCUT2D eigenvalue weighted by molar-refractivity contribution is -0.139. The molecule has 1 heterocycles. The van der Waals surface area contributed by atoms with Crippen LogP contribution in [-0.4, -0.2) is 27.0 Å². The van der Waals surface area contributed by atoms with Crippen molar-refractivity contribution in [2.75, 3.05) is 6.61 Å². The number of aliphatic carboxylic acids is 1.